The second-order valence-corrected chi connectivity index (χ2v) is 8.23. The quantitative estimate of drug-likeness (QED) is 0.894. The molecule has 0 saturated heterocycles. The van der Waals surface area contributed by atoms with E-state index < -0.39 is 15.9 Å². The summed E-state index contributed by atoms with van der Waals surface area (Å²) in [5.74, 6) is 0.665. The molecule has 0 atom stereocenters. The Bertz CT molecular complexity index is 882. The van der Waals surface area contributed by atoms with Crippen molar-refractivity contribution in [1.82, 2.24) is 9.46 Å². The molecule has 2 aromatic rings. The summed E-state index contributed by atoms with van der Waals surface area (Å²) in [7, 11) is -0.647. The van der Waals surface area contributed by atoms with Gasteiger partial charge in [0.1, 0.15) is 5.76 Å². The molecule has 0 bridgehead atoms. The van der Waals surface area contributed by atoms with E-state index in [1.807, 2.05) is 0 Å². The molecule has 0 spiro atoms. The number of nitrogens with one attached hydrogen (secondary N) is 1. The maximum atomic E-state index is 12.3. The number of rotatable bonds is 5. The Morgan fingerprint density at radius 1 is 1.29 bits per heavy atom. The van der Waals surface area contributed by atoms with E-state index in [0.29, 0.717) is 17.2 Å². The van der Waals surface area contributed by atoms with Crippen molar-refractivity contribution in [3.63, 3.8) is 0 Å². The molecule has 1 aliphatic carbocycles. The van der Waals surface area contributed by atoms with Crippen LogP contribution in [0.25, 0.3) is 0 Å². The summed E-state index contributed by atoms with van der Waals surface area (Å²) in [6.07, 6.45) is 2.11. The number of hydrogen-bond acceptors (Lipinski definition) is 5. The van der Waals surface area contributed by atoms with E-state index in [2.05, 4.69) is 10.5 Å². The highest BCUT2D eigenvalue weighted by Gasteiger charge is 2.29. The third kappa shape index (κ3) is 3.20. The summed E-state index contributed by atoms with van der Waals surface area (Å²) in [4.78, 5) is 12.4. The van der Waals surface area contributed by atoms with Crippen LogP contribution in [0.2, 0.25) is 0 Å². The standard InChI is InChI=1S/C16H19N3O4S/c1-10-4-7-12(8-15(10)24(21,22)19(2)3)17-16(20)13-9-14(23-18-13)11-5-6-11/h4,7-9,11H,5-6H2,1-3H3,(H,17,20). The van der Waals surface area contributed by atoms with Crippen molar-refractivity contribution in [3.05, 3.63) is 41.3 Å². The summed E-state index contributed by atoms with van der Waals surface area (Å²) < 4.78 is 31.0. The van der Waals surface area contributed by atoms with E-state index in [4.69, 9.17) is 4.52 Å². The molecule has 1 saturated carbocycles. The lowest BCUT2D eigenvalue weighted by Crippen LogP contribution is -2.23. The van der Waals surface area contributed by atoms with E-state index in [0.717, 1.165) is 22.9 Å². The molecular weight excluding hydrogens is 330 g/mol. The van der Waals surface area contributed by atoms with Crippen molar-refractivity contribution in [2.45, 2.75) is 30.6 Å². The van der Waals surface area contributed by atoms with Crippen LogP contribution < -0.4 is 5.32 Å². The zero-order valence-electron chi connectivity index (χ0n) is 13.7. The minimum Gasteiger partial charge on any atom is -0.360 e. The first-order chi connectivity index (χ1) is 11.3. The van der Waals surface area contributed by atoms with Crippen LogP contribution in [0.3, 0.4) is 0 Å². The molecule has 128 valence electrons. The lowest BCUT2D eigenvalue weighted by atomic mass is 10.2. The first-order valence-corrected chi connectivity index (χ1v) is 9.04. The summed E-state index contributed by atoms with van der Waals surface area (Å²) in [6.45, 7) is 1.71. The number of anilines is 1. The van der Waals surface area contributed by atoms with E-state index >= 15 is 0 Å². The largest absolute Gasteiger partial charge is 0.360 e. The molecule has 24 heavy (non-hydrogen) atoms. The predicted molar refractivity (Wildman–Crippen MR) is 88.5 cm³/mol. The van der Waals surface area contributed by atoms with Gasteiger partial charge in [-0.25, -0.2) is 12.7 Å². The molecule has 8 heteroatoms. The third-order valence-electron chi connectivity index (χ3n) is 3.95. The van der Waals surface area contributed by atoms with Gasteiger partial charge in [-0.3, -0.25) is 4.79 Å². The maximum Gasteiger partial charge on any atom is 0.277 e. The van der Waals surface area contributed by atoms with E-state index in [1.165, 1.54) is 20.2 Å². The fourth-order valence-corrected chi connectivity index (χ4v) is 3.45. The van der Waals surface area contributed by atoms with Gasteiger partial charge in [-0.05, 0) is 37.5 Å². The van der Waals surface area contributed by atoms with Gasteiger partial charge in [0.2, 0.25) is 10.0 Å². The zero-order valence-corrected chi connectivity index (χ0v) is 14.6. The molecule has 1 amide bonds. The molecule has 7 nitrogen and oxygen atoms in total. The molecule has 3 rings (SSSR count). The van der Waals surface area contributed by atoms with Crippen LogP contribution in [0, 0.1) is 6.92 Å². The predicted octanol–water partition coefficient (Wildman–Crippen LogP) is 2.36. The molecule has 1 N–H and O–H groups in total. The summed E-state index contributed by atoms with van der Waals surface area (Å²) in [5.41, 5.74) is 1.19. The molecule has 1 aromatic heterocycles. The third-order valence-corrected chi connectivity index (χ3v) is 5.90. The highest BCUT2D eigenvalue weighted by Crippen LogP contribution is 2.40. The van der Waals surface area contributed by atoms with Gasteiger partial charge in [-0.2, -0.15) is 0 Å². The van der Waals surface area contributed by atoms with Crippen molar-refractivity contribution in [2.75, 3.05) is 19.4 Å². The highest BCUT2D eigenvalue weighted by atomic mass is 32.2. The number of aromatic nitrogens is 1. The summed E-state index contributed by atoms with van der Waals surface area (Å²) >= 11 is 0. The van der Waals surface area contributed by atoms with E-state index in [9.17, 15) is 13.2 Å². The average molecular weight is 349 g/mol. The number of hydrogen-bond donors (Lipinski definition) is 1. The Hall–Kier alpha value is -2.19. The lowest BCUT2D eigenvalue weighted by molar-refractivity contribution is 0.101. The van der Waals surface area contributed by atoms with Crippen LogP contribution in [-0.4, -0.2) is 37.9 Å². The van der Waals surface area contributed by atoms with Gasteiger partial charge in [0.25, 0.3) is 5.91 Å². The smallest absolute Gasteiger partial charge is 0.277 e. The molecule has 0 radical (unpaired) electrons. The van der Waals surface area contributed by atoms with Crippen LogP contribution in [0.4, 0.5) is 5.69 Å². The van der Waals surface area contributed by atoms with Crippen molar-refractivity contribution in [3.8, 4) is 0 Å². The van der Waals surface area contributed by atoms with Gasteiger partial charge in [-0.15, -0.1) is 0 Å². The molecule has 1 aromatic carbocycles. The Kier molecular flexibility index (Phi) is 4.18. The minimum absolute atomic E-state index is 0.157. The van der Waals surface area contributed by atoms with Crippen molar-refractivity contribution >= 4 is 21.6 Å². The Morgan fingerprint density at radius 2 is 2.00 bits per heavy atom. The van der Waals surface area contributed by atoms with E-state index in [1.54, 1.807) is 25.1 Å². The van der Waals surface area contributed by atoms with Crippen LogP contribution in [0.5, 0.6) is 0 Å². The van der Waals surface area contributed by atoms with Gasteiger partial charge >= 0.3 is 0 Å². The number of carbonyl (C=O) groups excluding carboxylic acids is 1. The van der Waals surface area contributed by atoms with Crippen LogP contribution >= 0.6 is 0 Å². The number of amides is 1. The van der Waals surface area contributed by atoms with E-state index in [-0.39, 0.29) is 10.6 Å². The molecule has 0 aliphatic heterocycles. The lowest BCUT2D eigenvalue weighted by Gasteiger charge is -2.14. The topological polar surface area (TPSA) is 92.5 Å². The minimum atomic E-state index is -3.58. The second-order valence-electron chi connectivity index (χ2n) is 6.11. The molecule has 1 heterocycles. The second kappa shape index (κ2) is 6.03. The van der Waals surface area contributed by atoms with Crippen molar-refractivity contribution in [1.29, 1.82) is 0 Å². The van der Waals surface area contributed by atoms with Crippen molar-refractivity contribution < 1.29 is 17.7 Å². The zero-order chi connectivity index (χ0) is 17.5. The SMILES string of the molecule is Cc1ccc(NC(=O)c2cc(C3CC3)on2)cc1S(=O)(=O)N(C)C. The highest BCUT2D eigenvalue weighted by molar-refractivity contribution is 7.89. The first-order valence-electron chi connectivity index (χ1n) is 7.60. The number of benzene rings is 1. The Morgan fingerprint density at radius 3 is 2.62 bits per heavy atom. The monoisotopic (exact) mass is 349 g/mol. The van der Waals surface area contributed by atoms with Gasteiger partial charge in [0.15, 0.2) is 5.69 Å². The molecular formula is C16H19N3O4S. The number of aryl methyl sites for hydroxylation is 1. The first kappa shape index (κ1) is 16.7. The number of carbonyl (C=O) groups is 1. The van der Waals surface area contributed by atoms with Crippen molar-refractivity contribution in [2.24, 2.45) is 0 Å². The normalized spacial score (nSPS) is 14.8. The molecule has 1 fully saturated rings. The maximum absolute atomic E-state index is 12.3. The van der Waals surface area contributed by atoms with Gasteiger partial charge < -0.3 is 9.84 Å². The van der Waals surface area contributed by atoms with Crippen LogP contribution in [0.15, 0.2) is 33.7 Å². The molecule has 1 aliphatic rings. The summed E-state index contributed by atoms with van der Waals surface area (Å²) in [5, 5.41) is 6.44. The summed E-state index contributed by atoms with van der Waals surface area (Å²) in [6, 6.07) is 6.40. The molecule has 0 unspecified atom stereocenters. The Balaban J connectivity index is 1.83. The average Bonchev–Trinajstić information content (AvgIpc) is 3.26. The van der Waals surface area contributed by atoms with Crippen LogP contribution in [-0.2, 0) is 10.0 Å². The Labute approximate surface area is 140 Å². The van der Waals surface area contributed by atoms with Gasteiger partial charge in [-0.1, -0.05) is 11.2 Å². The number of sulfonamides is 1. The fourth-order valence-electron chi connectivity index (χ4n) is 2.30. The number of nitrogens with zero attached hydrogens (tertiary/aromatic N) is 2. The van der Waals surface area contributed by atoms with Gasteiger partial charge in [0.05, 0.1) is 4.90 Å². The fraction of sp³-hybridized carbons (Fsp3) is 0.375. The van der Waals surface area contributed by atoms with Crippen LogP contribution in [0.1, 0.15) is 40.6 Å². The van der Waals surface area contributed by atoms with Gasteiger partial charge in [0, 0.05) is 31.8 Å².